The van der Waals surface area contributed by atoms with Gasteiger partial charge in [0.2, 0.25) is 0 Å². The second-order valence-electron chi connectivity index (χ2n) is 0. The molecule has 4 N–H and O–H groups in total. The van der Waals surface area contributed by atoms with Crippen LogP contribution in [0.4, 0.5) is 0 Å². The Bertz CT molecular complexity index is 11.5. The summed E-state index contributed by atoms with van der Waals surface area (Å²) in [6.07, 6.45) is 0. The van der Waals surface area contributed by atoms with Crippen molar-refractivity contribution in [3.8, 4) is 0 Å². The zero-order chi connectivity index (χ0) is 0. The molecule has 2 nitrogen and oxygen atoms in total. The minimum atomic E-state index is 0. The summed E-state index contributed by atoms with van der Waals surface area (Å²) in [5.74, 6) is 0. The summed E-state index contributed by atoms with van der Waals surface area (Å²) < 4.78 is 0. The molecule has 0 saturated carbocycles. The van der Waals surface area contributed by atoms with Crippen LogP contribution in [0, 0.1) is 0 Å². The minimum Gasteiger partial charge on any atom is -1.00 e. The summed E-state index contributed by atoms with van der Waals surface area (Å²) in [5, 5.41) is 0. The van der Waals surface area contributed by atoms with E-state index in [4.69, 9.17) is 0 Å². The Morgan fingerprint density at radius 1 is 1.00 bits per heavy atom. The molecule has 0 aromatic rings. The van der Waals surface area contributed by atoms with Gasteiger partial charge in [0.1, 0.15) is 0 Å². The average molecular weight is 212 g/mol. The van der Waals surface area contributed by atoms with Crippen molar-refractivity contribution < 1.29 is 13.8 Å². The third-order valence-electron chi connectivity index (χ3n) is 0. The van der Waals surface area contributed by atoms with E-state index in [9.17, 15) is 0 Å². The van der Waals surface area contributed by atoms with Gasteiger partial charge in [-0.2, -0.15) is 0 Å². The second kappa shape index (κ2) is 21.5. The molecule has 0 aliphatic rings. The van der Waals surface area contributed by atoms with Crippen LogP contribution < -0.4 is 0 Å². The molecule has 0 unspecified atom stereocenters. The third-order valence-corrected chi connectivity index (χ3v) is 0. The maximum atomic E-state index is 0. The van der Waals surface area contributed by atoms with Gasteiger partial charge in [-0.3, -0.25) is 0 Å². The summed E-state index contributed by atoms with van der Waals surface area (Å²) in [6, 6.07) is 0. The fourth-order valence-corrected chi connectivity index (χ4v) is 0. The van der Waals surface area contributed by atoms with Gasteiger partial charge in [0.05, 0.1) is 0 Å². The topological polar surface area (TPSA) is 63.0 Å². The molecule has 4 heteroatoms. The Morgan fingerprint density at radius 2 is 1.00 bits per heavy atom. The number of hydrogen-bond donors (Lipinski definition) is 0. The summed E-state index contributed by atoms with van der Waals surface area (Å²) in [4.78, 5) is 0. The fraction of sp³-hybridized carbons (Fsp3) is 0. The van der Waals surface area contributed by atoms with Gasteiger partial charge in [0, 0.05) is 0 Å². The van der Waals surface area contributed by atoms with Crippen LogP contribution in [0.15, 0.2) is 0 Å². The maximum absolute atomic E-state index is 0. The molecule has 0 aromatic heterocycles. The minimum absolute atomic E-state index is 0. The van der Waals surface area contributed by atoms with Crippen LogP contribution in [-0.4, -0.2) is 59.8 Å². The first kappa shape index (κ1) is 41.6. The Hall–Kier alpha value is 1.78. The average Bonchev–Trinajstić information content (AvgIpc) is 0. The van der Waals surface area contributed by atoms with Crippen molar-refractivity contribution >= 4 is 61.3 Å². The molecule has 4 heavy (non-hydrogen) atoms. The molecule has 0 rings (SSSR count). The predicted octanol–water partition coefficient (Wildman–Crippen LogP) is -1.38. The third kappa shape index (κ3) is 9.22. The summed E-state index contributed by atoms with van der Waals surface area (Å²) in [5.41, 5.74) is 0. The molecule has 0 bridgehead atoms. The van der Waals surface area contributed by atoms with Crippen molar-refractivity contribution in [2.45, 2.75) is 0 Å². The first-order chi connectivity index (χ1) is 0. The van der Waals surface area contributed by atoms with E-state index in [2.05, 4.69) is 0 Å². The molecule has 0 amide bonds. The van der Waals surface area contributed by atoms with Gasteiger partial charge in [0.25, 0.3) is 0 Å². The van der Waals surface area contributed by atoms with Crippen LogP contribution in [-0.2, 0) is 0 Å². The Morgan fingerprint density at radius 3 is 1.00 bits per heavy atom. The standard InChI is InChI=1S/Ba.ClH.2H2O.2H/h;1H;2*1H2;;/q+2;;;;2*-1. The SMILES string of the molecule is Cl.O.O.[Ba+2].[H-].[H-]. The molecule has 0 aromatic carbocycles. The first-order valence-electron chi connectivity index (χ1n) is 0. The van der Waals surface area contributed by atoms with Crippen LogP contribution in [0.1, 0.15) is 2.85 Å². The van der Waals surface area contributed by atoms with E-state index >= 15 is 0 Å². The monoisotopic (exact) mass is 212 g/mol. The molecule has 0 aliphatic carbocycles. The van der Waals surface area contributed by atoms with Crippen molar-refractivity contribution in [1.82, 2.24) is 0 Å². The molecule has 0 aliphatic heterocycles. The molecule has 0 saturated heterocycles. The molecule has 0 fully saturated rings. The number of hydrogen-bond acceptors (Lipinski definition) is 0. The van der Waals surface area contributed by atoms with Crippen LogP contribution in [0.25, 0.3) is 0 Å². The van der Waals surface area contributed by atoms with E-state index in [-0.39, 0.29) is 75.1 Å². The number of halogens is 1. The van der Waals surface area contributed by atoms with E-state index in [1.807, 2.05) is 0 Å². The van der Waals surface area contributed by atoms with Gasteiger partial charge < -0.3 is 13.8 Å². The largest absolute Gasteiger partial charge is 2.00 e. The van der Waals surface area contributed by atoms with Gasteiger partial charge in [0.15, 0.2) is 0 Å². The van der Waals surface area contributed by atoms with Crippen molar-refractivity contribution in [2.75, 3.05) is 0 Å². The van der Waals surface area contributed by atoms with Crippen molar-refractivity contribution in [2.24, 2.45) is 0 Å². The first-order valence-corrected chi connectivity index (χ1v) is 0. The molecule has 0 heterocycles. The van der Waals surface area contributed by atoms with Crippen LogP contribution in [0.3, 0.4) is 0 Å². The molecular weight excluding hydrogens is 205 g/mol. The summed E-state index contributed by atoms with van der Waals surface area (Å²) in [6.45, 7) is 0. The summed E-state index contributed by atoms with van der Waals surface area (Å²) in [7, 11) is 0. The van der Waals surface area contributed by atoms with Gasteiger partial charge in [-0.15, -0.1) is 12.4 Å². The molecule has 28 valence electrons. The van der Waals surface area contributed by atoms with Gasteiger partial charge in [-0.05, 0) is 0 Å². The van der Waals surface area contributed by atoms with Crippen molar-refractivity contribution in [3.05, 3.63) is 0 Å². The van der Waals surface area contributed by atoms with Crippen molar-refractivity contribution in [1.29, 1.82) is 0 Å². The Kier molecular flexibility index (Phi) is 224. The van der Waals surface area contributed by atoms with Crippen molar-refractivity contribution in [3.63, 3.8) is 0 Å². The Labute approximate surface area is 74.0 Å². The van der Waals surface area contributed by atoms with Crippen LogP contribution in [0.5, 0.6) is 0 Å². The van der Waals surface area contributed by atoms with E-state index in [0.717, 1.165) is 0 Å². The van der Waals surface area contributed by atoms with Crippen LogP contribution in [0.2, 0.25) is 0 Å². The molecule has 0 atom stereocenters. The maximum Gasteiger partial charge on any atom is 2.00 e. The fourth-order valence-electron chi connectivity index (χ4n) is 0. The van der Waals surface area contributed by atoms with E-state index in [1.165, 1.54) is 0 Å². The van der Waals surface area contributed by atoms with Crippen LogP contribution >= 0.6 is 12.4 Å². The molecule has 0 radical (unpaired) electrons. The summed E-state index contributed by atoms with van der Waals surface area (Å²) >= 11 is 0. The zero-order valence-electron chi connectivity index (χ0n) is 4.12. The predicted molar refractivity (Wildman–Crippen MR) is 22.5 cm³/mol. The Balaban J connectivity index is 0. The second-order valence-corrected chi connectivity index (χ2v) is 0. The molecule has 0 spiro atoms. The van der Waals surface area contributed by atoms with E-state index in [0.29, 0.717) is 0 Å². The quantitative estimate of drug-likeness (QED) is 0.444. The van der Waals surface area contributed by atoms with E-state index < -0.39 is 0 Å². The smallest absolute Gasteiger partial charge is 1.00 e. The zero-order valence-corrected chi connectivity index (χ0v) is 7.37. The normalized spacial score (nSPS) is 0. The van der Waals surface area contributed by atoms with E-state index in [1.54, 1.807) is 0 Å². The molecular formula is H7BaClO2. The van der Waals surface area contributed by atoms with Gasteiger partial charge in [-0.25, -0.2) is 0 Å². The van der Waals surface area contributed by atoms with Gasteiger partial charge in [-0.1, -0.05) is 0 Å². The number of rotatable bonds is 0. The van der Waals surface area contributed by atoms with Gasteiger partial charge >= 0.3 is 48.9 Å².